The molecule has 1 aliphatic carbocycles. The van der Waals surface area contributed by atoms with Crippen molar-refractivity contribution in [2.24, 2.45) is 5.92 Å². The first-order valence-corrected chi connectivity index (χ1v) is 6.95. The fourth-order valence-electron chi connectivity index (χ4n) is 2.71. The zero-order valence-corrected chi connectivity index (χ0v) is 11.1. The number of carbonyl (C=O) groups excluding carboxylic acids is 1. The Morgan fingerprint density at radius 3 is 2.47 bits per heavy atom. The van der Waals surface area contributed by atoms with Gasteiger partial charge in [0.1, 0.15) is 0 Å². The van der Waals surface area contributed by atoms with Gasteiger partial charge in [0.2, 0.25) is 0 Å². The first kappa shape index (κ1) is 14.1. The van der Waals surface area contributed by atoms with E-state index in [2.05, 4.69) is 10.6 Å². The maximum Gasteiger partial charge on any atom is 0.315 e. The molecule has 3 N–H and O–H groups in total. The molecule has 2 aliphatic rings. The highest BCUT2D eigenvalue weighted by atomic mass is 16.5. The molecule has 0 aromatic carbocycles. The number of amides is 2. The van der Waals surface area contributed by atoms with Gasteiger partial charge in [-0.1, -0.05) is 0 Å². The second kappa shape index (κ2) is 6.23. The number of rotatable bonds is 5. The van der Waals surface area contributed by atoms with Gasteiger partial charge < -0.3 is 20.5 Å². The highest BCUT2D eigenvalue weighted by molar-refractivity contribution is 5.77. The summed E-state index contributed by atoms with van der Waals surface area (Å²) in [4.78, 5) is 22.6. The predicted molar refractivity (Wildman–Crippen MR) is 68.9 cm³/mol. The molecule has 1 saturated heterocycles. The van der Waals surface area contributed by atoms with E-state index in [4.69, 9.17) is 9.84 Å². The lowest BCUT2D eigenvalue weighted by Crippen LogP contribution is -2.57. The van der Waals surface area contributed by atoms with Crippen LogP contribution in [0.4, 0.5) is 4.79 Å². The van der Waals surface area contributed by atoms with Crippen molar-refractivity contribution >= 4 is 12.0 Å². The van der Waals surface area contributed by atoms with E-state index in [1.807, 2.05) is 0 Å². The Labute approximate surface area is 112 Å². The summed E-state index contributed by atoms with van der Waals surface area (Å²) < 4.78 is 5.26. The quantitative estimate of drug-likeness (QED) is 0.698. The smallest absolute Gasteiger partial charge is 0.315 e. The minimum absolute atomic E-state index is 0.0116. The summed E-state index contributed by atoms with van der Waals surface area (Å²) in [5, 5.41) is 14.6. The number of urea groups is 1. The first-order chi connectivity index (χ1) is 9.10. The van der Waals surface area contributed by atoms with Crippen LogP contribution in [-0.2, 0) is 9.53 Å². The molecule has 0 bridgehead atoms. The van der Waals surface area contributed by atoms with Crippen LogP contribution in [0.1, 0.15) is 38.5 Å². The summed E-state index contributed by atoms with van der Waals surface area (Å²) in [6.45, 7) is 2.16. The molecule has 2 rings (SSSR count). The topological polar surface area (TPSA) is 87.7 Å². The normalized spacial score (nSPS) is 22.3. The molecule has 6 heteroatoms. The fraction of sp³-hybridized carbons (Fsp3) is 0.846. The molecule has 0 unspecified atom stereocenters. The number of hydrogen-bond acceptors (Lipinski definition) is 3. The van der Waals surface area contributed by atoms with Crippen molar-refractivity contribution in [3.63, 3.8) is 0 Å². The number of carboxylic acid groups (broad SMARTS) is 1. The van der Waals surface area contributed by atoms with Crippen molar-refractivity contribution in [1.29, 1.82) is 0 Å². The summed E-state index contributed by atoms with van der Waals surface area (Å²) in [6, 6.07) is -0.243. The molecule has 0 atom stereocenters. The molecular weight excluding hydrogens is 248 g/mol. The zero-order valence-electron chi connectivity index (χ0n) is 11.1. The van der Waals surface area contributed by atoms with Gasteiger partial charge in [0.25, 0.3) is 0 Å². The Kier molecular flexibility index (Phi) is 4.63. The third-order valence-electron chi connectivity index (χ3n) is 4.07. The van der Waals surface area contributed by atoms with E-state index in [1.165, 1.54) is 0 Å². The van der Waals surface area contributed by atoms with E-state index in [9.17, 15) is 9.59 Å². The standard InChI is InChI=1S/C13H22N2O4/c16-11(17)8-13(4-1-5-13)15-12(18)14-9-10-2-6-19-7-3-10/h10H,1-9H2,(H,16,17)(H2,14,15,18). The number of carbonyl (C=O) groups is 2. The Bertz CT molecular complexity index is 336. The van der Waals surface area contributed by atoms with Gasteiger partial charge in [0.05, 0.1) is 12.0 Å². The summed E-state index contributed by atoms with van der Waals surface area (Å²) in [6.07, 6.45) is 4.44. The van der Waals surface area contributed by atoms with Crippen molar-refractivity contribution in [3.8, 4) is 0 Å². The maximum absolute atomic E-state index is 11.8. The Morgan fingerprint density at radius 1 is 1.26 bits per heavy atom. The SMILES string of the molecule is O=C(O)CC1(NC(=O)NCC2CCOCC2)CCC1. The molecule has 2 fully saturated rings. The number of hydrogen-bond donors (Lipinski definition) is 3. The molecule has 0 spiro atoms. The van der Waals surface area contributed by atoms with Gasteiger partial charge >= 0.3 is 12.0 Å². The molecule has 0 aromatic heterocycles. The Hall–Kier alpha value is -1.30. The number of aliphatic carboxylic acids is 1. The molecule has 6 nitrogen and oxygen atoms in total. The van der Waals surface area contributed by atoms with Gasteiger partial charge in [0, 0.05) is 19.8 Å². The predicted octanol–water partition coefficient (Wildman–Crippen LogP) is 1.11. The van der Waals surface area contributed by atoms with Gasteiger partial charge in [-0.2, -0.15) is 0 Å². The molecule has 108 valence electrons. The number of ether oxygens (including phenoxy) is 1. The van der Waals surface area contributed by atoms with Crippen LogP contribution >= 0.6 is 0 Å². The fourth-order valence-corrected chi connectivity index (χ4v) is 2.71. The van der Waals surface area contributed by atoms with Crippen molar-refractivity contribution in [2.75, 3.05) is 19.8 Å². The zero-order chi connectivity index (χ0) is 13.7. The van der Waals surface area contributed by atoms with E-state index in [0.717, 1.165) is 45.3 Å². The Balaban J connectivity index is 1.72. The lowest BCUT2D eigenvalue weighted by atomic mass is 9.74. The number of carboxylic acids is 1. The van der Waals surface area contributed by atoms with E-state index in [0.29, 0.717) is 12.5 Å². The van der Waals surface area contributed by atoms with Gasteiger partial charge in [-0.25, -0.2) is 4.79 Å². The third kappa shape index (κ3) is 4.09. The summed E-state index contributed by atoms with van der Waals surface area (Å²) >= 11 is 0. The average molecular weight is 270 g/mol. The van der Waals surface area contributed by atoms with Crippen molar-refractivity contribution in [2.45, 2.75) is 44.1 Å². The molecule has 0 radical (unpaired) electrons. The van der Waals surface area contributed by atoms with Crippen molar-refractivity contribution in [3.05, 3.63) is 0 Å². The van der Waals surface area contributed by atoms with Gasteiger partial charge in [-0.3, -0.25) is 4.79 Å². The van der Waals surface area contributed by atoms with E-state index >= 15 is 0 Å². The molecule has 0 aromatic rings. The molecule has 2 amide bonds. The molecule has 19 heavy (non-hydrogen) atoms. The van der Waals surface area contributed by atoms with Crippen LogP contribution in [0.3, 0.4) is 0 Å². The van der Waals surface area contributed by atoms with E-state index in [1.54, 1.807) is 0 Å². The lowest BCUT2D eigenvalue weighted by Gasteiger charge is -2.41. The van der Waals surface area contributed by atoms with Gasteiger partial charge in [-0.05, 0) is 38.0 Å². The van der Waals surface area contributed by atoms with Crippen LogP contribution in [0, 0.1) is 5.92 Å². The first-order valence-electron chi connectivity index (χ1n) is 6.95. The minimum atomic E-state index is -0.857. The van der Waals surface area contributed by atoms with Crippen LogP contribution < -0.4 is 10.6 Å². The summed E-state index contributed by atoms with van der Waals surface area (Å²) in [5.41, 5.74) is -0.522. The maximum atomic E-state index is 11.8. The van der Waals surface area contributed by atoms with Gasteiger partial charge in [-0.15, -0.1) is 0 Å². The van der Waals surface area contributed by atoms with Crippen LogP contribution in [0.5, 0.6) is 0 Å². The summed E-state index contributed by atoms with van der Waals surface area (Å²) in [5.74, 6) is -0.388. The summed E-state index contributed by atoms with van der Waals surface area (Å²) in [7, 11) is 0. The van der Waals surface area contributed by atoms with Crippen LogP contribution in [-0.4, -0.2) is 42.4 Å². The van der Waals surface area contributed by atoms with Crippen LogP contribution in [0.2, 0.25) is 0 Å². The monoisotopic (exact) mass is 270 g/mol. The lowest BCUT2D eigenvalue weighted by molar-refractivity contribution is -0.139. The van der Waals surface area contributed by atoms with Crippen molar-refractivity contribution in [1.82, 2.24) is 10.6 Å². The van der Waals surface area contributed by atoms with Crippen molar-refractivity contribution < 1.29 is 19.4 Å². The molecule has 1 saturated carbocycles. The van der Waals surface area contributed by atoms with Crippen LogP contribution in [0.25, 0.3) is 0 Å². The largest absolute Gasteiger partial charge is 0.481 e. The number of nitrogens with one attached hydrogen (secondary N) is 2. The molecule has 1 aliphatic heterocycles. The highest BCUT2D eigenvalue weighted by Gasteiger charge is 2.40. The molecule has 1 heterocycles. The molecular formula is C13H22N2O4. The van der Waals surface area contributed by atoms with Crippen LogP contribution in [0.15, 0.2) is 0 Å². The second-order valence-electron chi connectivity index (χ2n) is 5.60. The average Bonchev–Trinajstić information content (AvgIpc) is 2.34. The van der Waals surface area contributed by atoms with E-state index in [-0.39, 0.29) is 12.5 Å². The highest BCUT2D eigenvalue weighted by Crippen LogP contribution is 2.34. The van der Waals surface area contributed by atoms with E-state index < -0.39 is 11.5 Å². The third-order valence-corrected chi connectivity index (χ3v) is 4.07. The van der Waals surface area contributed by atoms with Gasteiger partial charge in [0.15, 0.2) is 0 Å². The Morgan fingerprint density at radius 2 is 1.95 bits per heavy atom. The minimum Gasteiger partial charge on any atom is -0.481 e. The second-order valence-corrected chi connectivity index (χ2v) is 5.60.